The number of amides is 1. The third-order valence-electron chi connectivity index (χ3n) is 4.64. The third kappa shape index (κ3) is 2.80. The number of aryl methyl sites for hydroxylation is 1. The maximum atomic E-state index is 12.4. The Balaban J connectivity index is 1.94. The number of carbonyl (C=O) groups is 2. The number of hydrogen-bond donors (Lipinski definition) is 2. The summed E-state index contributed by atoms with van der Waals surface area (Å²) < 4.78 is 0. The Kier molecular flexibility index (Phi) is 4.09. The molecule has 2 aromatic carbocycles. The molecule has 1 aliphatic heterocycles. The first-order chi connectivity index (χ1) is 12.5. The van der Waals surface area contributed by atoms with E-state index in [2.05, 4.69) is 5.32 Å². The molecule has 1 aliphatic rings. The van der Waals surface area contributed by atoms with Crippen molar-refractivity contribution in [3.63, 3.8) is 0 Å². The van der Waals surface area contributed by atoms with Crippen molar-refractivity contribution in [1.29, 1.82) is 0 Å². The normalized spacial score (nSPS) is 16.0. The van der Waals surface area contributed by atoms with Crippen molar-refractivity contribution in [2.45, 2.75) is 19.3 Å². The predicted octanol–water partition coefficient (Wildman–Crippen LogP) is 4.90. The van der Waals surface area contributed by atoms with E-state index in [4.69, 9.17) is 0 Å². The monoisotopic (exact) mass is 363 g/mol. The average molecular weight is 363 g/mol. The Hall–Kier alpha value is -2.92. The Labute approximate surface area is 155 Å². The zero-order valence-corrected chi connectivity index (χ0v) is 15.0. The van der Waals surface area contributed by atoms with Gasteiger partial charge in [0.2, 0.25) is 5.91 Å². The van der Waals surface area contributed by atoms with Gasteiger partial charge in [-0.05, 0) is 18.1 Å². The first kappa shape index (κ1) is 16.5. The number of fused-ring (bicyclic) bond motifs is 1. The molecule has 4 rings (SSSR count). The Morgan fingerprint density at radius 3 is 2.46 bits per heavy atom. The molecule has 0 spiro atoms. The van der Waals surface area contributed by atoms with E-state index in [1.807, 2.05) is 61.5 Å². The number of carbonyl (C=O) groups excluding carboxylic acids is 1. The lowest BCUT2D eigenvalue weighted by Gasteiger charge is -2.23. The first-order valence-corrected chi connectivity index (χ1v) is 9.18. The quantitative estimate of drug-likeness (QED) is 0.696. The molecule has 2 N–H and O–H groups in total. The van der Waals surface area contributed by atoms with Crippen molar-refractivity contribution in [3.8, 4) is 11.1 Å². The van der Waals surface area contributed by atoms with Crippen molar-refractivity contribution in [2.24, 2.45) is 0 Å². The smallest absolute Gasteiger partial charge is 0.346 e. The number of thiophene rings is 1. The third-order valence-corrected chi connectivity index (χ3v) is 5.93. The molecular formula is C21H17NO3S. The molecule has 0 fully saturated rings. The van der Waals surface area contributed by atoms with Gasteiger partial charge in [-0.2, -0.15) is 0 Å². The van der Waals surface area contributed by atoms with Crippen LogP contribution in [-0.4, -0.2) is 17.0 Å². The Morgan fingerprint density at radius 1 is 1.12 bits per heavy atom. The van der Waals surface area contributed by atoms with Gasteiger partial charge in [0.15, 0.2) is 0 Å². The van der Waals surface area contributed by atoms with Gasteiger partial charge < -0.3 is 10.4 Å². The van der Waals surface area contributed by atoms with Crippen LogP contribution in [0.5, 0.6) is 0 Å². The second kappa shape index (κ2) is 6.42. The van der Waals surface area contributed by atoms with Gasteiger partial charge in [-0.25, -0.2) is 4.79 Å². The summed E-state index contributed by atoms with van der Waals surface area (Å²) in [6.45, 7) is 1.98. The zero-order valence-electron chi connectivity index (χ0n) is 14.2. The highest BCUT2D eigenvalue weighted by Gasteiger charge is 2.34. The van der Waals surface area contributed by atoms with E-state index in [0.717, 1.165) is 21.6 Å². The summed E-state index contributed by atoms with van der Waals surface area (Å²) >= 11 is 1.26. The van der Waals surface area contributed by atoms with E-state index >= 15 is 0 Å². The van der Waals surface area contributed by atoms with Gasteiger partial charge in [0.25, 0.3) is 0 Å². The van der Waals surface area contributed by atoms with Crippen molar-refractivity contribution in [3.05, 3.63) is 75.5 Å². The minimum absolute atomic E-state index is 0.0885. The van der Waals surface area contributed by atoms with Gasteiger partial charge in [-0.3, -0.25) is 4.79 Å². The highest BCUT2D eigenvalue weighted by Crippen LogP contribution is 2.49. The van der Waals surface area contributed by atoms with Crippen LogP contribution in [0.4, 0.5) is 5.69 Å². The molecule has 2 heterocycles. The summed E-state index contributed by atoms with van der Waals surface area (Å²) in [5.41, 5.74) is 4.17. The maximum absolute atomic E-state index is 12.4. The van der Waals surface area contributed by atoms with E-state index in [-0.39, 0.29) is 16.7 Å². The summed E-state index contributed by atoms with van der Waals surface area (Å²) in [6, 6.07) is 17.5. The molecule has 0 aliphatic carbocycles. The molecule has 1 aromatic heterocycles. The lowest BCUT2D eigenvalue weighted by molar-refractivity contribution is -0.116. The number of benzene rings is 2. The molecule has 0 radical (unpaired) electrons. The summed E-state index contributed by atoms with van der Waals surface area (Å²) in [5.74, 6) is -1.18. The fourth-order valence-corrected chi connectivity index (χ4v) is 4.63. The van der Waals surface area contributed by atoms with E-state index in [0.29, 0.717) is 17.7 Å². The maximum Gasteiger partial charge on any atom is 0.346 e. The summed E-state index contributed by atoms with van der Waals surface area (Å²) in [4.78, 5) is 25.4. The molecule has 1 amide bonds. The topological polar surface area (TPSA) is 66.4 Å². The number of nitrogens with one attached hydrogen (secondary N) is 1. The van der Waals surface area contributed by atoms with Gasteiger partial charge >= 0.3 is 5.97 Å². The van der Waals surface area contributed by atoms with Gasteiger partial charge in [0.1, 0.15) is 4.88 Å². The standard InChI is InChI=1S/C21H17NO3S/c1-12-7-9-14(10-8-12)17-18-19(26-20(17)21(24)25)15(11-16(23)22-18)13-5-3-2-4-6-13/h2-10,15H,11H2,1H3,(H,22,23)(H,24,25)/t15-/m0/s1. The Morgan fingerprint density at radius 2 is 1.81 bits per heavy atom. The second-order valence-corrected chi connectivity index (χ2v) is 7.48. The lowest BCUT2D eigenvalue weighted by Crippen LogP contribution is -2.22. The van der Waals surface area contributed by atoms with Crippen molar-refractivity contribution < 1.29 is 14.7 Å². The fourth-order valence-electron chi connectivity index (χ4n) is 3.39. The second-order valence-electron chi connectivity index (χ2n) is 6.43. The molecule has 5 heteroatoms. The Bertz CT molecular complexity index is 990. The lowest BCUT2D eigenvalue weighted by atomic mass is 9.88. The molecule has 0 saturated heterocycles. The van der Waals surface area contributed by atoms with Crippen LogP contribution in [-0.2, 0) is 4.79 Å². The molecule has 0 saturated carbocycles. The minimum Gasteiger partial charge on any atom is -0.477 e. The first-order valence-electron chi connectivity index (χ1n) is 8.36. The van der Waals surface area contributed by atoms with E-state index in [1.165, 1.54) is 11.3 Å². The molecule has 4 nitrogen and oxygen atoms in total. The van der Waals surface area contributed by atoms with Crippen molar-refractivity contribution in [1.82, 2.24) is 0 Å². The largest absolute Gasteiger partial charge is 0.477 e. The number of carboxylic acids is 1. The molecular weight excluding hydrogens is 346 g/mol. The highest BCUT2D eigenvalue weighted by atomic mass is 32.1. The minimum atomic E-state index is -0.971. The summed E-state index contributed by atoms with van der Waals surface area (Å²) in [5, 5.41) is 12.7. The van der Waals surface area contributed by atoms with Crippen LogP contribution in [0.3, 0.4) is 0 Å². The zero-order chi connectivity index (χ0) is 18.3. The molecule has 0 unspecified atom stereocenters. The van der Waals surface area contributed by atoms with Crippen LogP contribution >= 0.6 is 11.3 Å². The van der Waals surface area contributed by atoms with Gasteiger partial charge in [-0.15, -0.1) is 11.3 Å². The fraction of sp³-hybridized carbons (Fsp3) is 0.143. The van der Waals surface area contributed by atoms with Gasteiger partial charge in [0.05, 0.1) is 5.69 Å². The number of anilines is 1. The SMILES string of the molecule is Cc1ccc(-c2c(C(=O)O)sc3c2NC(=O)C[C@H]3c2ccccc2)cc1. The van der Waals surface area contributed by atoms with Crippen LogP contribution < -0.4 is 5.32 Å². The molecule has 1 atom stereocenters. The average Bonchev–Trinajstić information content (AvgIpc) is 3.02. The van der Waals surface area contributed by atoms with Crippen LogP contribution in [0.1, 0.15) is 38.0 Å². The van der Waals surface area contributed by atoms with E-state index in [1.54, 1.807) is 0 Å². The molecule has 3 aromatic rings. The number of aromatic carboxylic acids is 1. The number of rotatable bonds is 3. The van der Waals surface area contributed by atoms with Gasteiger partial charge in [-0.1, -0.05) is 60.2 Å². The molecule has 130 valence electrons. The summed E-state index contributed by atoms with van der Waals surface area (Å²) in [7, 11) is 0. The van der Waals surface area contributed by atoms with Crippen molar-refractivity contribution >= 4 is 28.9 Å². The van der Waals surface area contributed by atoms with Crippen LogP contribution in [0.15, 0.2) is 54.6 Å². The molecule has 26 heavy (non-hydrogen) atoms. The van der Waals surface area contributed by atoms with Crippen LogP contribution in [0.25, 0.3) is 11.1 Å². The molecule has 0 bridgehead atoms. The number of carboxylic acid groups (broad SMARTS) is 1. The van der Waals surface area contributed by atoms with Crippen molar-refractivity contribution in [2.75, 3.05) is 5.32 Å². The van der Waals surface area contributed by atoms with Crippen LogP contribution in [0, 0.1) is 6.92 Å². The summed E-state index contributed by atoms with van der Waals surface area (Å²) in [6.07, 6.45) is 0.323. The highest BCUT2D eigenvalue weighted by molar-refractivity contribution is 7.15. The predicted molar refractivity (Wildman–Crippen MR) is 103 cm³/mol. The number of hydrogen-bond acceptors (Lipinski definition) is 3. The van der Waals surface area contributed by atoms with Crippen LogP contribution in [0.2, 0.25) is 0 Å². The van der Waals surface area contributed by atoms with E-state index < -0.39 is 5.97 Å². The van der Waals surface area contributed by atoms with E-state index in [9.17, 15) is 14.7 Å². The van der Waals surface area contributed by atoms with Gasteiger partial charge in [0, 0.05) is 22.8 Å².